The van der Waals surface area contributed by atoms with Crippen LogP contribution in [0, 0.1) is 0 Å². The first-order valence-electron chi connectivity index (χ1n) is 7.39. The maximum Gasteiger partial charge on any atom is 0.0174 e. The van der Waals surface area contributed by atoms with Crippen LogP contribution >= 0.6 is 0 Å². The van der Waals surface area contributed by atoms with Gasteiger partial charge in [-0.15, -0.1) is 0 Å². The predicted octanol–water partition coefficient (Wildman–Crippen LogP) is 2.36. The monoisotopic (exact) mass is 244 g/mol. The minimum atomic E-state index is 0.484. The Morgan fingerprint density at radius 3 is 3.06 bits per heavy atom. The van der Waals surface area contributed by atoms with Crippen LogP contribution in [0.4, 0.5) is 0 Å². The SMILES string of the molecule is NCCCCNC1CC12CCCc1ccccc12. The summed E-state index contributed by atoms with van der Waals surface area (Å²) in [5, 5.41) is 3.74. The van der Waals surface area contributed by atoms with E-state index in [0.29, 0.717) is 5.41 Å². The highest BCUT2D eigenvalue weighted by Gasteiger charge is 2.56. The molecule has 0 aromatic heterocycles. The van der Waals surface area contributed by atoms with Gasteiger partial charge in [0.2, 0.25) is 0 Å². The molecular weight excluding hydrogens is 220 g/mol. The van der Waals surface area contributed by atoms with E-state index in [0.717, 1.165) is 25.6 Å². The minimum absolute atomic E-state index is 0.484. The van der Waals surface area contributed by atoms with Gasteiger partial charge in [0.15, 0.2) is 0 Å². The van der Waals surface area contributed by atoms with Gasteiger partial charge < -0.3 is 11.1 Å². The summed E-state index contributed by atoms with van der Waals surface area (Å²) in [5.41, 5.74) is 9.24. The summed E-state index contributed by atoms with van der Waals surface area (Å²) < 4.78 is 0. The number of hydrogen-bond acceptors (Lipinski definition) is 2. The molecule has 0 amide bonds. The summed E-state index contributed by atoms with van der Waals surface area (Å²) in [7, 11) is 0. The van der Waals surface area contributed by atoms with E-state index in [9.17, 15) is 0 Å². The largest absolute Gasteiger partial charge is 0.330 e. The van der Waals surface area contributed by atoms with Gasteiger partial charge in [-0.1, -0.05) is 24.3 Å². The van der Waals surface area contributed by atoms with E-state index in [1.807, 2.05) is 0 Å². The second-order valence-electron chi connectivity index (χ2n) is 5.87. The van der Waals surface area contributed by atoms with E-state index in [2.05, 4.69) is 29.6 Å². The van der Waals surface area contributed by atoms with Crippen LogP contribution in [0.25, 0.3) is 0 Å². The molecule has 0 bridgehead atoms. The van der Waals surface area contributed by atoms with Gasteiger partial charge in [0.05, 0.1) is 0 Å². The molecule has 0 saturated heterocycles. The summed E-state index contributed by atoms with van der Waals surface area (Å²) >= 11 is 0. The Bertz CT molecular complexity index is 415. The second kappa shape index (κ2) is 5.02. The maximum absolute atomic E-state index is 5.53. The molecule has 98 valence electrons. The lowest BCUT2D eigenvalue weighted by Gasteiger charge is -2.26. The molecule has 3 N–H and O–H groups in total. The molecular formula is C16H24N2. The van der Waals surface area contributed by atoms with Gasteiger partial charge in [0.1, 0.15) is 0 Å². The summed E-state index contributed by atoms with van der Waals surface area (Å²) in [6.45, 7) is 1.95. The van der Waals surface area contributed by atoms with Crippen LogP contribution in [-0.2, 0) is 11.8 Å². The van der Waals surface area contributed by atoms with Crippen molar-refractivity contribution in [2.75, 3.05) is 13.1 Å². The fraction of sp³-hybridized carbons (Fsp3) is 0.625. The molecule has 0 aliphatic heterocycles. The zero-order valence-electron chi connectivity index (χ0n) is 11.1. The lowest BCUT2D eigenvalue weighted by molar-refractivity contribution is 0.488. The number of nitrogens with two attached hydrogens (primary N) is 1. The van der Waals surface area contributed by atoms with E-state index in [1.54, 1.807) is 11.1 Å². The van der Waals surface area contributed by atoms with Gasteiger partial charge in [-0.3, -0.25) is 0 Å². The van der Waals surface area contributed by atoms with Crippen molar-refractivity contribution in [1.29, 1.82) is 0 Å². The highest BCUT2D eigenvalue weighted by molar-refractivity contribution is 5.44. The Morgan fingerprint density at radius 2 is 2.17 bits per heavy atom. The van der Waals surface area contributed by atoms with Crippen molar-refractivity contribution in [3.05, 3.63) is 35.4 Å². The van der Waals surface area contributed by atoms with Gasteiger partial charge in [-0.2, -0.15) is 0 Å². The van der Waals surface area contributed by atoms with Crippen molar-refractivity contribution < 1.29 is 0 Å². The summed E-state index contributed by atoms with van der Waals surface area (Å²) in [6, 6.07) is 9.78. The van der Waals surface area contributed by atoms with Crippen LogP contribution in [0.1, 0.15) is 43.2 Å². The van der Waals surface area contributed by atoms with E-state index in [1.165, 1.54) is 32.1 Å². The number of unbranched alkanes of at least 4 members (excludes halogenated alkanes) is 1. The van der Waals surface area contributed by atoms with Crippen LogP contribution in [0.15, 0.2) is 24.3 Å². The van der Waals surface area contributed by atoms with Crippen LogP contribution in [0.5, 0.6) is 0 Å². The van der Waals surface area contributed by atoms with E-state index in [4.69, 9.17) is 5.73 Å². The molecule has 18 heavy (non-hydrogen) atoms. The van der Waals surface area contributed by atoms with Gasteiger partial charge in [-0.25, -0.2) is 0 Å². The Balaban J connectivity index is 1.64. The molecule has 2 nitrogen and oxygen atoms in total. The number of benzene rings is 1. The third kappa shape index (κ3) is 2.08. The Morgan fingerprint density at radius 1 is 1.28 bits per heavy atom. The minimum Gasteiger partial charge on any atom is -0.330 e. The summed E-state index contributed by atoms with van der Waals surface area (Å²) in [5.74, 6) is 0. The number of fused-ring (bicyclic) bond motifs is 2. The molecule has 2 heteroatoms. The molecule has 0 heterocycles. The zero-order valence-corrected chi connectivity index (χ0v) is 11.1. The average Bonchev–Trinajstić information content (AvgIpc) is 3.09. The van der Waals surface area contributed by atoms with Crippen molar-refractivity contribution >= 4 is 0 Å². The van der Waals surface area contributed by atoms with E-state index in [-0.39, 0.29) is 0 Å². The van der Waals surface area contributed by atoms with Crippen molar-refractivity contribution in [2.45, 2.75) is 50.0 Å². The number of rotatable bonds is 5. The molecule has 1 fully saturated rings. The normalized spacial score (nSPS) is 29.3. The Kier molecular flexibility index (Phi) is 3.40. The summed E-state index contributed by atoms with van der Waals surface area (Å²) in [6.07, 6.45) is 7.70. The third-order valence-corrected chi connectivity index (χ3v) is 4.72. The lowest BCUT2D eigenvalue weighted by atomic mass is 9.79. The van der Waals surface area contributed by atoms with Gasteiger partial charge in [0, 0.05) is 11.5 Å². The molecule has 3 rings (SSSR count). The van der Waals surface area contributed by atoms with Crippen molar-refractivity contribution in [1.82, 2.24) is 5.32 Å². The standard InChI is InChI=1S/C16H24N2/c17-10-3-4-11-18-15-12-16(15)9-5-7-13-6-1-2-8-14(13)16/h1-2,6,8,15,18H,3-5,7,9-12,17H2. The van der Waals surface area contributed by atoms with Crippen molar-refractivity contribution in [3.8, 4) is 0 Å². The molecule has 2 aliphatic rings. The fourth-order valence-corrected chi connectivity index (χ4v) is 3.65. The van der Waals surface area contributed by atoms with Crippen molar-refractivity contribution in [2.24, 2.45) is 5.73 Å². The fourth-order valence-electron chi connectivity index (χ4n) is 3.65. The number of hydrogen-bond donors (Lipinski definition) is 2. The van der Waals surface area contributed by atoms with E-state index >= 15 is 0 Å². The predicted molar refractivity (Wildman–Crippen MR) is 75.8 cm³/mol. The first kappa shape index (κ1) is 12.2. The van der Waals surface area contributed by atoms with Crippen LogP contribution in [-0.4, -0.2) is 19.1 Å². The number of nitrogens with one attached hydrogen (secondary N) is 1. The maximum atomic E-state index is 5.53. The molecule has 1 spiro atoms. The molecule has 2 atom stereocenters. The first-order valence-corrected chi connectivity index (χ1v) is 7.39. The highest BCUT2D eigenvalue weighted by atomic mass is 15.0. The Hall–Kier alpha value is -0.860. The number of aryl methyl sites for hydroxylation is 1. The third-order valence-electron chi connectivity index (χ3n) is 4.72. The Labute approximate surface area is 110 Å². The van der Waals surface area contributed by atoms with Crippen molar-refractivity contribution in [3.63, 3.8) is 0 Å². The summed E-state index contributed by atoms with van der Waals surface area (Å²) in [4.78, 5) is 0. The topological polar surface area (TPSA) is 38.0 Å². The van der Waals surface area contributed by atoms with Gasteiger partial charge in [0.25, 0.3) is 0 Å². The van der Waals surface area contributed by atoms with Crippen LogP contribution < -0.4 is 11.1 Å². The molecule has 1 aromatic rings. The quantitative estimate of drug-likeness (QED) is 0.780. The first-order chi connectivity index (χ1) is 8.87. The van der Waals surface area contributed by atoms with Gasteiger partial charge >= 0.3 is 0 Å². The highest BCUT2D eigenvalue weighted by Crippen LogP contribution is 2.55. The molecule has 1 aromatic carbocycles. The van der Waals surface area contributed by atoms with Crippen LogP contribution in [0.3, 0.4) is 0 Å². The second-order valence-corrected chi connectivity index (χ2v) is 5.87. The molecule has 2 unspecified atom stereocenters. The van der Waals surface area contributed by atoms with E-state index < -0.39 is 0 Å². The molecule has 2 aliphatic carbocycles. The van der Waals surface area contributed by atoms with Crippen LogP contribution in [0.2, 0.25) is 0 Å². The lowest BCUT2D eigenvalue weighted by Crippen LogP contribution is -2.29. The molecule has 1 saturated carbocycles. The zero-order chi connectivity index (χ0) is 12.4. The molecule has 0 radical (unpaired) electrons. The smallest absolute Gasteiger partial charge is 0.0174 e. The average molecular weight is 244 g/mol. The van der Waals surface area contributed by atoms with Gasteiger partial charge in [-0.05, 0) is 62.7 Å².